The lowest BCUT2D eigenvalue weighted by molar-refractivity contribution is 0.633. The Morgan fingerprint density at radius 3 is 1.24 bits per heavy atom. The normalized spacial score (nSPS) is 15.0. The molecule has 51 heavy (non-hydrogen) atoms. The van der Waals surface area contributed by atoms with Crippen LogP contribution >= 0.6 is 0 Å². The van der Waals surface area contributed by atoms with E-state index in [0.29, 0.717) is 0 Å². The van der Waals surface area contributed by atoms with Crippen molar-refractivity contribution in [2.75, 3.05) is 0 Å². The van der Waals surface area contributed by atoms with Gasteiger partial charge in [0.15, 0.2) is 0 Å². The largest absolute Gasteiger partial charge is 0.309 e. The molecule has 3 aliphatic rings. The Hall–Kier alpha value is -6.44. The van der Waals surface area contributed by atoms with E-state index in [0.717, 1.165) is 0 Å². The van der Waals surface area contributed by atoms with Crippen molar-refractivity contribution >= 4 is 21.8 Å². The van der Waals surface area contributed by atoms with Gasteiger partial charge in [0.1, 0.15) is 0 Å². The number of para-hydroxylation sites is 2. The van der Waals surface area contributed by atoms with Crippen molar-refractivity contribution in [2.24, 2.45) is 0 Å². The third-order valence-corrected chi connectivity index (χ3v) is 12.3. The van der Waals surface area contributed by atoms with Crippen LogP contribution in [-0.4, -0.2) is 4.57 Å². The van der Waals surface area contributed by atoms with Crippen LogP contribution in [0, 0.1) is 0 Å². The Kier molecular flexibility index (Phi) is 5.17. The molecule has 1 heteroatoms. The van der Waals surface area contributed by atoms with Crippen LogP contribution in [0.5, 0.6) is 0 Å². The monoisotopic (exact) mass is 645 g/mol. The minimum absolute atomic E-state index is 0.434. The molecule has 1 aromatic heterocycles. The lowest BCUT2D eigenvalue weighted by atomic mass is 9.52. The number of fused-ring (bicyclic) bond motifs is 19. The summed E-state index contributed by atoms with van der Waals surface area (Å²) in [5.41, 5.74) is 18.9. The first-order valence-corrected chi connectivity index (χ1v) is 18.0. The molecule has 0 aliphatic heterocycles. The van der Waals surface area contributed by atoms with Gasteiger partial charge in [0.05, 0.1) is 21.9 Å². The van der Waals surface area contributed by atoms with Crippen molar-refractivity contribution in [1.82, 2.24) is 4.57 Å². The Labute approximate surface area is 296 Å². The maximum Gasteiger partial charge on any atom is 0.0720 e. The summed E-state index contributed by atoms with van der Waals surface area (Å²) in [7, 11) is 0. The fourth-order valence-electron chi connectivity index (χ4n) is 10.6. The first-order chi connectivity index (χ1) is 25.3. The first-order valence-electron chi connectivity index (χ1n) is 18.0. The molecule has 1 nitrogen and oxygen atoms in total. The molecule has 0 amide bonds. The van der Waals surface area contributed by atoms with Crippen molar-refractivity contribution in [3.8, 4) is 27.9 Å². The number of nitrogens with zero attached hydrogens (tertiary/aromatic N) is 1. The summed E-state index contributed by atoms with van der Waals surface area (Å²) in [6, 6.07) is 70.9. The Balaban J connectivity index is 1.27. The van der Waals surface area contributed by atoms with E-state index < -0.39 is 10.8 Å². The first kappa shape index (κ1) is 27.4. The van der Waals surface area contributed by atoms with Crippen LogP contribution in [-0.2, 0) is 10.8 Å². The third-order valence-electron chi connectivity index (χ3n) is 12.3. The standard InChI is InChI=1S/C50H31N/c1-2-16-32(17-3-1)51-47-29-15-7-21-36(47)38-30-46-37(31-48(38)51)35-20-6-10-24-41(35)50(46)44-27-13-11-25-42(44)49(43-26-12-14-28-45(43)50)39-22-8-4-18-33(39)34-19-5-9-23-40(34)49/h1-31H. The summed E-state index contributed by atoms with van der Waals surface area (Å²) < 4.78 is 2.45. The molecule has 236 valence electrons. The maximum absolute atomic E-state index is 2.55. The Morgan fingerprint density at radius 1 is 0.275 bits per heavy atom. The second-order valence-corrected chi connectivity index (χ2v) is 14.3. The van der Waals surface area contributed by atoms with Gasteiger partial charge in [-0.05, 0) is 97.1 Å². The average Bonchev–Trinajstić information content (AvgIpc) is 3.79. The second-order valence-electron chi connectivity index (χ2n) is 14.3. The third kappa shape index (κ3) is 3.11. The highest BCUT2D eigenvalue weighted by molar-refractivity contribution is 6.12. The number of hydrogen-bond donors (Lipinski definition) is 0. The van der Waals surface area contributed by atoms with Crippen LogP contribution in [0.25, 0.3) is 49.7 Å². The summed E-state index contributed by atoms with van der Waals surface area (Å²) >= 11 is 0. The molecule has 0 N–H and O–H groups in total. The highest BCUT2D eigenvalue weighted by Crippen LogP contribution is 2.67. The van der Waals surface area contributed by atoms with Crippen molar-refractivity contribution in [3.05, 3.63) is 233 Å². The molecule has 9 aromatic rings. The molecule has 0 atom stereocenters. The molecule has 0 radical (unpaired) electrons. The van der Waals surface area contributed by atoms with Gasteiger partial charge >= 0.3 is 0 Å². The van der Waals surface area contributed by atoms with E-state index in [4.69, 9.17) is 0 Å². The zero-order valence-electron chi connectivity index (χ0n) is 27.8. The zero-order chi connectivity index (χ0) is 33.3. The Bertz CT molecular complexity index is 2830. The lowest BCUT2D eigenvalue weighted by Gasteiger charge is -2.48. The summed E-state index contributed by atoms with van der Waals surface area (Å²) in [6.07, 6.45) is 0. The molecule has 3 aliphatic carbocycles. The molecule has 12 rings (SSSR count). The van der Waals surface area contributed by atoms with Gasteiger partial charge in [0, 0.05) is 16.5 Å². The number of benzene rings is 8. The van der Waals surface area contributed by atoms with E-state index >= 15 is 0 Å². The highest BCUT2D eigenvalue weighted by Gasteiger charge is 2.58. The molecule has 1 heterocycles. The van der Waals surface area contributed by atoms with Gasteiger partial charge < -0.3 is 4.57 Å². The van der Waals surface area contributed by atoms with Crippen LogP contribution in [0.1, 0.15) is 44.5 Å². The van der Waals surface area contributed by atoms with Gasteiger partial charge in [-0.3, -0.25) is 0 Å². The van der Waals surface area contributed by atoms with Crippen molar-refractivity contribution in [3.63, 3.8) is 0 Å². The molecule has 0 saturated heterocycles. The molecule has 0 bridgehead atoms. The van der Waals surface area contributed by atoms with Crippen LogP contribution in [0.4, 0.5) is 0 Å². The molecular formula is C50H31N. The van der Waals surface area contributed by atoms with Crippen molar-refractivity contribution in [1.29, 1.82) is 0 Å². The van der Waals surface area contributed by atoms with E-state index in [9.17, 15) is 0 Å². The molecule has 0 fully saturated rings. The zero-order valence-corrected chi connectivity index (χ0v) is 27.8. The summed E-state index contributed by atoms with van der Waals surface area (Å²) in [5, 5.41) is 2.56. The summed E-state index contributed by atoms with van der Waals surface area (Å²) in [4.78, 5) is 0. The Morgan fingerprint density at radius 2 is 0.686 bits per heavy atom. The van der Waals surface area contributed by atoms with E-state index in [1.54, 1.807) is 0 Å². The molecule has 0 saturated carbocycles. The molecular weight excluding hydrogens is 615 g/mol. The van der Waals surface area contributed by atoms with Crippen molar-refractivity contribution < 1.29 is 0 Å². The fourth-order valence-corrected chi connectivity index (χ4v) is 10.6. The lowest BCUT2D eigenvalue weighted by Crippen LogP contribution is -2.43. The quantitative estimate of drug-likeness (QED) is 0.167. The van der Waals surface area contributed by atoms with Gasteiger partial charge in [-0.25, -0.2) is 0 Å². The molecule has 8 aromatic carbocycles. The number of rotatable bonds is 1. The predicted molar refractivity (Wildman–Crippen MR) is 209 cm³/mol. The van der Waals surface area contributed by atoms with E-state index in [1.165, 1.54) is 94.3 Å². The highest BCUT2D eigenvalue weighted by atomic mass is 15.0. The van der Waals surface area contributed by atoms with Gasteiger partial charge in [0.25, 0.3) is 0 Å². The SMILES string of the molecule is c1ccc(-n2c3ccccc3c3cc4c(cc32)-c2ccccc2C42c3ccccc3C3(c4ccccc4-c4ccccc43)c3ccccc32)cc1. The minimum Gasteiger partial charge on any atom is -0.309 e. The van der Waals surface area contributed by atoms with E-state index in [2.05, 4.69) is 193 Å². The van der Waals surface area contributed by atoms with Crippen molar-refractivity contribution in [2.45, 2.75) is 10.8 Å². The summed E-state index contributed by atoms with van der Waals surface area (Å²) in [6.45, 7) is 0. The van der Waals surface area contributed by atoms with E-state index in [-0.39, 0.29) is 0 Å². The average molecular weight is 646 g/mol. The molecule has 2 spiro atoms. The van der Waals surface area contributed by atoms with Gasteiger partial charge in [-0.1, -0.05) is 158 Å². The number of hydrogen-bond acceptors (Lipinski definition) is 0. The topological polar surface area (TPSA) is 4.93 Å². The van der Waals surface area contributed by atoms with Crippen LogP contribution in [0.3, 0.4) is 0 Å². The van der Waals surface area contributed by atoms with Gasteiger partial charge in [-0.2, -0.15) is 0 Å². The second kappa shape index (κ2) is 9.62. The number of aromatic nitrogens is 1. The van der Waals surface area contributed by atoms with Gasteiger partial charge in [-0.15, -0.1) is 0 Å². The fraction of sp³-hybridized carbons (Fsp3) is 0.0400. The predicted octanol–water partition coefficient (Wildman–Crippen LogP) is 11.8. The van der Waals surface area contributed by atoms with Crippen LogP contribution in [0.2, 0.25) is 0 Å². The molecule has 0 unspecified atom stereocenters. The van der Waals surface area contributed by atoms with E-state index in [1.807, 2.05) is 0 Å². The maximum atomic E-state index is 2.55. The minimum atomic E-state index is -0.499. The van der Waals surface area contributed by atoms with Crippen LogP contribution < -0.4 is 0 Å². The summed E-state index contributed by atoms with van der Waals surface area (Å²) in [5.74, 6) is 0. The van der Waals surface area contributed by atoms with Crippen LogP contribution in [0.15, 0.2) is 188 Å². The smallest absolute Gasteiger partial charge is 0.0720 e. The van der Waals surface area contributed by atoms with Gasteiger partial charge in [0.2, 0.25) is 0 Å².